The summed E-state index contributed by atoms with van der Waals surface area (Å²) in [5.41, 5.74) is 5.18. The summed E-state index contributed by atoms with van der Waals surface area (Å²) in [7, 11) is 0. The van der Waals surface area contributed by atoms with Gasteiger partial charge >= 0.3 is 12.2 Å². The largest absolute Gasteiger partial charge is 0.444 e. The first kappa shape index (κ1) is 36.5. The summed E-state index contributed by atoms with van der Waals surface area (Å²) >= 11 is 0. The SMILES string of the molecule is CC(C)(C)OC(=O)N1C(c2ncc(-c3ccc(-c4ccc5cc(-c6cnc(C7CC8CCCC8N7C(=O)OC(C)(C)C)[nH]6)ccc5c4)cc3)[nH]2)CC2CCCC21. The van der Waals surface area contributed by atoms with Crippen LogP contribution in [0, 0.1) is 11.8 Å². The van der Waals surface area contributed by atoms with Gasteiger partial charge in [-0.2, -0.15) is 0 Å². The van der Waals surface area contributed by atoms with Crippen molar-refractivity contribution < 1.29 is 19.1 Å². The van der Waals surface area contributed by atoms with E-state index >= 15 is 0 Å². The summed E-state index contributed by atoms with van der Waals surface area (Å²) in [6, 6.07) is 21.9. The van der Waals surface area contributed by atoms with Crippen LogP contribution in [0.25, 0.3) is 44.4 Å². The number of hydrogen-bond acceptors (Lipinski definition) is 6. The topological polar surface area (TPSA) is 116 Å². The molecule has 2 saturated carbocycles. The molecule has 10 heteroatoms. The average molecular weight is 755 g/mol. The molecule has 5 aromatic rings. The summed E-state index contributed by atoms with van der Waals surface area (Å²) in [5, 5.41) is 2.30. The van der Waals surface area contributed by atoms with Gasteiger partial charge in [0.2, 0.25) is 0 Å². The zero-order chi connectivity index (χ0) is 38.9. The Balaban J connectivity index is 0.900. The number of aromatic amines is 2. The third-order valence-electron chi connectivity index (χ3n) is 12.4. The minimum Gasteiger partial charge on any atom is -0.444 e. The molecule has 9 rings (SSSR count). The molecule has 2 aliphatic heterocycles. The second-order valence-electron chi connectivity index (χ2n) is 18.5. The van der Waals surface area contributed by atoms with E-state index in [1.807, 2.05) is 63.7 Å². The molecular weight excluding hydrogens is 701 g/mol. The predicted octanol–water partition coefficient (Wildman–Crippen LogP) is 11.0. The lowest BCUT2D eigenvalue weighted by Crippen LogP contribution is -2.41. The number of H-pyrrole nitrogens is 2. The molecule has 2 N–H and O–H groups in total. The van der Waals surface area contributed by atoms with Crippen LogP contribution in [0.5, 0.6) is 0 Å². The maximum Gasteiger partial charge on any atom is 0.411 e. The lowest BCUT2D eigenvalue weighted by Gasteiger charge is -2.31. The number of fused-ring (bicyclic) bond motifs is 3. The van der Waals surface area contributed by atoms with E-state index in [1.165, 1.54) is 0 Å². The van der Waals surface area contributed by atoms with Crippen LogP contribution in [0.15, 0.2) is 73.1 Å². The van der Waals surface area contributed by atoms with Crippen molar-refractivity contribution >= 4 is 23.0 Å². The van der Waals surface area contributed by atoms with Gasteiger partial charge in [0.25, 0.3) is 0 Å². The van der Waals surface area contributed by atoms with Crippen LogP contribution < -0.4 is 0 Å². The molecule has 4 aliphatic rings. The van der Waals surface area contributed by atoms with Crippen molar-refractivity contribution in [2.24, 2.45) is 11.8 Å². The molecule has 2 saturated heterocycles. The molecule has 2 amide bonds. The van der Waals surface area contributed by atoms with Gasteiger partial charge in [-0.3, -0.25) is 9.80 Å². The van der Waals surface area contributed by atoms with Gasteiger partial charge < -0.3 is 19.4 Å². The maximum atomic E-state index is 13.4. The number of likely N-dealkylation sites (tertiary alicyclic amines) is 2. The minimum atomic E-state index is -0.546. The third kappa shape index (κ3) is 6.96. The van der Waals surface area contributed by atoms with E-state index in [0.717, 1.165) is 107 Å². The molecule has 10 nitrogen and oxygen atoms in total. The molecule has 0 bridgehead atoms. The van der Waals surface area contributed by atoms with E-state index in [2.05, 4.69) is 70.6 Å². The summed E-state index contributed by atoms with van der Waals surface area (Å²) in [4.78, 5) is 47.5. The quantitative estimate of drug-likeness (QED) is 0.184. The Morgan fingerprint density at radius 2 is 1.02 bits per heavy atom. The number of carbonyl (C=O) groups is 2. The van der Waals surface area contributed by atoms with Crippen molar-refractivity contribution in [3.63, 3.8) is 0 Å². The summed E-state index contributed by atoms with van der Waals surface area (Å²) < 4.78 is 11.7. The highest BCUT2D eigenvalue weighted by molar-refractivity contribution is 5.90. The van der Waals surface area contributed by atoms with Gasteiger partial charge in [-0.15, -0.1) is 0 Å². The normalized spacial score (nSPS) is 24.8. The van der Waals surface area contributed by atoms with Crippen molar-refractivity contribution in [3.8, 4) is 33.6 Å². The molecule has 4 heterocycles. The van der Waals surface area contributed by atoms with Gasteiger partial charge in [0.1, 0.15) is 22.9 Å². The van der Waals surface area contributed by atoms with E-state index in [4.69, 9.17) is 19.4 Å². The molecule has 4 fully saturated rings. The molecule has 6 atom stereocenters. The number of nitrogens with one attached hydrogen (secondary N) is 2. The highest BCUT2D eigenvalue weighted by Crippen LogP contribution is 2.49. The number of nitrogens with zero attached hydrogens (tertiary/aromatic N) is 4. The van der Waals surface area contributed by atoms with Crippen LogP contribution in [-0.4, -0.2) is 65.2 Å². The van der Waals surface area contributed by atoms with Crippen LogP contribution >= 0.6 is 0 Å². The van der Waals surface area contributed by atoms with Gasteiger partial charge in [0.05, 0.1) is 35.9 Å². The Morgan fingerprint density at radius 3 is 1.52 bits per heavy atom. The summed E-state index contributed by atoms with van der Waals surface area (Å²) in [5.74, 6) is 2.64. The summed E-state index contributed by atoms with van der Waals surface area (Å²) in [6.07, 6.45) is 11.8. The standard InChI is InChI=1S/C46H54N6O4/c1-45(2,3)55-43(53)51-37-11-7-9-33(37)23-39(51)41-47-25-35(49-41)28-15-13-27(14-16-28)29-17-18-31-22-32(20-19-30(31)21-29)36-26-48-42(50-36)40-24-34-10-8-12-38(34)52(40)44(54)56-46(4,5)6/h13-22,25-26,33-34,37-40H,7-12,23-24H2,1-6H3,(H,47,49)(H,48,50). The number of carbonyl (C=O) groups excluding carboxylic acids is 2. The number of aromatic nitrogens is 4. The van der Waals surface area contributed by atoms with Crippen LogP contribution in [0.1, 0.15) is 117 Å². The van der Waals surface area contributed by atoms with Crippen molar-refractivity contribution in [2.45, 2.75) is 128 Å². The zero-order valence-electron chi connectivity index (χ0n) is 33.5. The number of hydrogen-bond donors (Lipinski definition) is 2. The van der Waals surface area contributed by atoms with Gasteiger partial charge in [0.15, 0.2) is 0 Å². The van der Waals surface area contributed by atoms with Gasteiger partial charge in [-0.1, -0.05) is 61.4 Å². The number of rotatable bonds is 5. The molecule has 2 aliphatic carbocycles. The zero-order valence-corrected chi connectivity index (χ0v) is 33.5. The van der Waals surface area contributed by atoms with Crippen molar-refractivity contribution in [3.05, 3.63) is 84.7 Å². The van der Waals surface area contributed by atoms with Crippen molar-refractivity contribution in [1.82, 2.24) is 29.7 Å². The highest BCUT2D eigenvalue weighted by atomic mass is 16.6. The Morgan fingerprint density at radius 1 is 0.589 bits per heavy atom. The van der Waals surface area contributed by atoms with E-state index in [1.54, 1.807) is 0 Å². The van der Waals surface area contributed by atoms with E-state index < -0.39 is 11.2 Å². The lowest BCUT2D eigenvalue weighted by atomic mass is 9.98. The van der Waals surface area contributed by atoms with Gasteiger partial charge in [-0.05, 0) is 131 Å². The molecule has 0 radical (unpaired) electrons. The first-order valence-corrected chi connectivity index (χ1v) is 20.6. The lowest BCUT2D eigenvalue weighted by molar-refractivity contribution is 0.0120. The predicted molar refractivity (Wildman–Crippen MR) is 218 cm³/mol. The Kier molecular flexibility index (Phi) is 9.01. The Bertz CT molecular complexity index is 2260. The minimum absolute atomic E-state index is 0.108. The first-order chi connectivity index (χ1) is 26.8. The average Bonchev–Trinajstić information content (AvgIpc) is 3.99. The van der Waals surface area contributed by atoms with Crippen LogP contribution in [-0.2, 0) is 9.47 Å². The molecule has 6 unspecified atom stereocenters. The molecule has 3 aromatic carbocycles. The smallest absolute Gasteiger partial charge is 0.411 e. The Labute approximate surface area is 329 Å². The number of imidazole rings is 2. The Hall–Kier alpha value is -5.12. The van der Waals surface area contributed by atoms with Crippen LogP contribution in [0.4, 0.5) is 9.59 Å². The maximum absolute atomic E-state index is 13.4. The van der Waals surface area contributed by atoms with Crippen molar-refractivity contribution in [1.29, 1.82) is 0 Å². The third-order valence-corrected chi connectivity index (χ3v) is 12.4. The first-order valence-electron chi connectivity index (χ1n) is 20.6. The van der Waals surface area contributed by atoms with E-state index in [9.17, 15) is 9.59 Å². The van der Waals surface area contributed by atoms with E-state index in [-0.39, 0.29) is 36.4 Å². The highest BCUT2D eigenvalue weighted by Gasteiger charge is 2.50. The molecule has 56 heavy (non-hydrogen) atoms. The molecular formula is C46H54N6O4. The number of ether oxygens (including phenoxy) is 2. The fourth-order valence-electron chi connectivity index (χ4n) is 9.96. The van der Waals surface area contributed by atoms with Crippen LogP contribution in [0.2, 0.25) is 0 Å². The van der Waals surface area contributed by atoms with E-state index in [0.29, 0.717) is 11.8 Å². The summed E-state index contributed by atoms with van der Waals surface area (Å²) in [6.45, 7) is 11.5. The second kappa shape index (κ2) is 13.8. The second-order valence-corrected chi connectivity index (χ2v) is 18.5. The fraction of sp³-hybridized carbons (Fsp3) is 0.478. The van der Waals surface area contributed by atoms with Crippen molar-refractivity contribution in [2.75, 3.05) is 0 Å². The number of amides is 2. The number of benzene rings is 3. The fourth-order valence-corrected chi connectivity index (χ4v) is 9.96. The molecule has 2 aromatic heterocycles. The molecule has 292 valence electrons. The molecule has 0 spiro atoms. The monoisotopic (exact) mass is 754 g/mol. The van der Waals surface area contributed by atoms with Gasteiger partial charge in [0, 0.05) is 17.6 Å². The van der Waals surface area contributed by atoms with Gasteiger partial charge in [-0.25, -0.2) is 19.6 Å². The van der Waals surface area contributed by atoms with Crippen LogP contribution in [0.3, 0.4) is 0 Å².